The Morgan fingerprint density at radius 2 is 2.05 bits per heavy atom. The van der Waals surface area contributed by atoms with E-state index in [0.717, 1.165) is 11.3 Å². The molecule has 0 aliphatic rings. The van der Waals surface area contributed by atoms with Gasteiger partial charge in [0, 0.05) is 11.8 Å². The average Bonchev–Trinajstić information content (AvgIpc) is 2.41. The predicted octanol–water partition coefficient (Wildman–Crippen LogP) is 4.39. The molecule has 0 bridgehead atoms. The van der Waals surface area contributed by atoms with E-state index in [2.05, 4.69) is 20.9 Å². The summed E-state index contributed by atoms with van der Waals surface area (Å²) in [5.74, 6) is 0.737. The summed E-state index contributed by atoms with van der Waals surface area (Å²) in [5.41, 5.74) is 1.57. The Balaban J connectivity index is 2.34. The highest BCUT2D eigenvalue weighted by Gasteiger charge is 2.10. The summed E-state index contributed by atoms with van der Waals surface area (Å²) in [7, 11) is 0. The normalized spacial score (nSPS) is 10.9. The van der Waals surface area contributed by atoms with Crippen LogP contribution in [0.1, 0.15) is 31.0 Å². The van der Waals surface area contributed by atoms with Crippen LogP contribution in [0.2, 0.25) is 0 Å². The Morgan fingerprint density at radius 1 is 1.30 bits per heavy atom. The van der Waals surface area contributed by atoms with Crippen LogP contribution in [0, 0.1) is 5.82 Å². The number of ether oxygens (including phenoxy) is 1. The van der Waals surface area contributed by atoms with E-state index in [0.29, 0.717) is 16.1 Å². The maximum absolute atomic E-state index is 13.0. The van der Waals surface area contributed by atoms with Gasteiger partial charge in [-0.05, 0) is 51.7 Å². The lowest BCUT2D eigenvalue weighted by molar-refractivity contribution is 0.280. The van der Waals surface area contributed by atoms with Crippen LogP contribution in [0.5, 0.6) is 11.6 Å². The zero-order valence-electron chi connectivity index (χ0n) is 11.2. The first kappa shape index (κ1) is 14.9. The maximum Gasteiger partial charge on any atom is 0.219 e. The Kier molecular flexibility index (Phi) is 4.73. The molecule has 0 saturated carbocycles. The van der Waals surface area contributed by atoms with E-state index < -0.39 is 0 Å². The molecule has 0 aliphatic heterocycles. The van der Waals surface area contributed by atoms with Crippen molar-refractivity contribution in [1.82, 2.24) is 4.98 Å². The zero-order chi connectivity index (χ0) is 14.7. The fourth-order valence-electron chi connectivity index (χ4n) is 1.69. The summed E-state index contributed by atoms with van der Waals surface area (Å²) >= 11 is 3.25. The molecule has 1 aromatic heterocycles. The second-order valence-corrected chi connectivity index (χ2v) is 5.58. The second-order valence-electron chi connectivity index (χ2n) is 4.73. The van der Waals surface area contributed by atoms with Crippen molar-refractivity contribution in [2.24, 2.45) is 0 Å². The van der Waals surface area contributed by atoms with Gasteiger partial charge in [0.05, 0.1) is 11.1 Å². The third-order valence-corrected chi connectivity index (χ3v) is 3.38. The molecule has 1 N–H and O–H groups in total. The first-order valence-electron chi connectivity index (χ1n) is 6.24. The van der Waals surface area contributed by atoms with Gasteiger partial charge in [0.25, 0.3) is 0 Å². The molecule has 1 aromatic carbocycles. The molecule has 2 aromatic rings. The lowest BCUT2D eigenvalue weighted by Crippen LogP contribution is -1.99. The van der Waals surface area contributed by atoms with Crippen molar-refractivity contribution in [3.63, 3.8) is 0 Å². The molecule has 0 unspecified atom stereocenters. The molecule has 0 saturated heterocycles. The number of nitrogens with zero attached hydrogens (tertiary/aromatic N) is 1. The number of hydrogen-bond acceptors (Lipinski definition) is 3. The third-order valence-electron chi connectivity index (χ3n) is 2.76. The van der Waals surface area contributed by atoms with Gasteiger partial charge in [-0.25, -0.2) is 9.37 Å². The van der Waals surface area contributed by atoms with Gasteiger partial charge in [0.15, 0.2) is 0 Å². The van der Waals surface area contributed by atoms with Crippen molar-refractivity contribution in [2.75, 3.05) is 0 Å². The number of aliphatic hydroxyl groups excluding tert-OH is 1. The van der Waals surface area contributed by atoms with Crippen molar-refractivity contribution in [1.29, 1.82) is 0 Å². The number of halogens is 2. The van der Waals surface area contributed by atoms with Crippen LogP contribution in [0.25, 0.3) is 0 Å². The standard InChI is InChI=1S/C15H15BrFNO2/c1-9(2)13-5-10(8-19)6-15(18-13)20-14-4-3-11(17)7-12(14)16/h3-7,9,19H,8H2,1-2H3. The molecule has 0 aliphatic carbocycles. The van der Waals surface area contributed by atoms with E-state index in [4.69, 9.17) is 4.74 Å². The number of hydrogen-bond donors (Lipinski definition) is 1. The van der Waals surface area contributed by atoms with E-state index in [1.54, 1.807) is 6.07 Å². The molecule has 3 nitrogen and oxygen atoms in total. The van der Waals surface area contributed by atoms with Gasteiger partial charge >= 0.3 is 0 Å². The van der Waals surface area contributed by atoms with Crippen LogP contribution in [0.15, 0.2) is 34.8 Å². The van der Waals surface area contributed by atoms with Crippen LogP contribution in [0.4, 0.5) is 4.39 Å². The highest BCUT2D eigenvalue weighted by Crippen LogP contribution is 2.30. The Bertz CT molecular complexity index is 617. The monoisotopic (exact) mass is 339 g/mol. The molecule has 0 atom stereocenters. The van der Waals surface area contributed by atoms with Gasteiger partial charge < -0.3 is 9.84 Å². The largest absolute Gasteiger partial charge is 0.438 e. The van der Waals surface area contributed by atoms with Crippen LogP contribution in [0.3, 0.4) is 0 Å². The number of pyridine rings is 1. The number of benzene rings is 1. The average molecular weight is 340 g/mol. The van der Waals surface area contributed by atoms with E-state index in [-0.39, 0.29) is 18.3 Å². The SMILES string of the molecule is CC(C)c1cc(CO)cc(Oc2ccc(F)cc2Br)n1. The summed E-state index contributed by atoms with van der Waals surface area (Å²) in [6, 6.07) is 7.69. The van der Waals surface area contributed by atoms with Gasteiger partial charge in [-0.1, -0.05) is 13.8 Å². The molecule has 2 rings (SSSR count). The van der Waals surface area contributed by atoms with Gasteiger partial charge in [0.1, 0.15) is 11.6 Å². The third kappa shape index (κ3) is 3.55. The number of rotatable bonds is 4. The minimum atomic E-state index is -0.343. The predicted molar refractivity (Wildman–Crippen MR) is 78.4 cm³/mol. The first-order chi connectivity index (χ1) is 9.49. The second kappa shape index (κ2) is 6.33. The van der Waals surface area contributed by atoms with E-state index >= 15 is 0 Å². The fraction of sp³-hybridized carbons (Fsp3) is 0.267. The molecular weight excluding hydrogens is 325 g/mol. The topological polar surface area (TPSA) is 42.4 Å². The van der Waals surface area contributed by atoms with Crippen molar-refractivity contribution in [2.45, 2.75) is 26.4 Å². The molecule has 5 heteroatoms. The quantitative estimate of drug-likeness (QED) is 0.898. The van der Waals surface area contributed by atoms with Crippen LogP contribution in [-0.4, -0.2) is 10.1 Å². The lowest BCUT2D eigenvalue weighted by atomic mass is 10.1. The lowest BCUT2D eigenvalue weighted by Gasteiger charge is -2.12. The van der Waals surface area contributed by atoms with Crippen LogP contribution in [-0.2, 0) is 6.61 Å². The molecule has 0 radical (unpaired) electrons. The summed E-state index contributed by atoms with van der Waals surface area (Å²) in [6.45, 7) is 3.95. The molecule has 0 fully saturated rings. The van der Waals surface area contributed by atoms with Gasteiger partial charge in [-0.15, -0.1) is 0 Å². The Morgan fingerprint density at radius 3 is 2.65 bits per heavy atom. The fourth-order valence-corrected chi connectivity index (χ4v) is 2.12. The highest BCUT2D eigenvalue weighted by molar-refractivity contribution is 9.10. The number of aliphatic hydroxyl groups is 1. The highest BCUT2D eigenvalue weighted by atomic mass is 79.9. The van der Waals surface area contributed by atoms with Gasteiger partial charge in [-0.2, -0.15) is 0 Å². The van der Waals surface area contributed by atoms with E-state index in [1.165, 1.54) is 18.2 Å². The summed E-state index contributed by atoms with van der Waals surface area (Å²) in [6.07, 6.45) is 0. The molecule has 106 valence electrons. The molecule has 0 amide bonds. The van der Waals surface area contributed by atoms with E-state index in [9.17, 15) is 9.50 Å². The van der Waals surface area contributed by atoms with Crippen molar-refractivity contribution >= 4 is 15.9 Å². The Hall–Kier alpha value is -1.46. The van der Waals surface area contributed by atoms with Crippen LogP contribution >= 0.6 is 15.9 Å². The molecule has 0 spiro atoms. The molecule has 1 heterocycles. The molecule has 20 heavy (non-hydrogen) atoms. The zero-order valence-corrected chi connectivity index (χ0v) is 12.8. The van der Waals surface area contributed by atoms with Gasteiger partial charge in [-0.3, -0.25) is 0 Å². The first-order valence-corrected chi connectivity index (χ1v) is 7.03. The van der Waals surface area contributed by atoms with E-state index in [1.807, 2.05) is 19.9 Å². The summed E-state index contributed by atoms with van der Waals surface area (Å²) in [5, 5.41) is 9.28. The summed E-state index contributed by atoms with van der Waals surface area (Å²) < 4.78 is 19.2. The van der Waals surface area contributed by atoms with Crippen molar-refractivity contribution in [3.8, 4) is 11.6 Å². The van der Waals surface area contributed by atoms with Crippen LogP contribution < -0.4 is 4.74 Å². The summed E-state index contributed by atoms with van der Waals surface area (Å²) in [4.78, 5) is 4.39. The smallest absolute Gasteiger partial charge is 0.219 e. The van der Waals surface area contributed by atoms with Gasteiger partial charge in [0.2, 0.25) is 5.88 Å². The maximum atomic E-state index is 13.0. The number of aromatic nitrogens is 1. The molecular formula is C15H15BrFNO2. The van der Waals surface area contributed by atoms with Crippen molar-refractivity contribution in [3.05, 3.63) is 51.9 Å². The Labute approximate surface area is 125 Å². The minimum Gasteiger partial charge on any atom is -0.438 e. The minimum absolute atomic E-state index is 0.0802. The van der Waals surface area contributed by atoms with Crippen molar-refractivity contribution < 1.29 is 14.2 Å².